The lowest BCUT2D eigenvalue weighted by atomic mass is 10.2. The highest BCUT2D eigenvalue weighted by Gasteiger charge is 2.62. The maximum atomic E-state index is 11.6. The molecule has 0 aromatic carbocycles. The number of ether oxygens (including phenoxy) is 5. The summed E-state index contributed by atoms with van der Waals surface area (Å²) in [4.78, 5) is 57.4. The second-order valence-corrected chi connectivity index (χ2v) is 12.9. The van der Waals surface area contributed by atoms with E-state index in [-0.39, 0.29) is 38.6 Å². The zero-order chi connectivity index (χ0) is 34.3. The number of carbonyl (C=O) groups is 5. The van der Waals surface area contributed by atoms with Crippen LogP contribution in [0.15, 0.2) is 38.0 Å². The molecule has 3 fully saturated rings. The van der Waals surface area contributed by atoms with Gasteiger partial charge in [0.05, 0.1) is 21.3 Å². The van der Waals surface area contributed by atoms with Crippen molar-refractivity contribution >= 4 is 30.1 Å². The Morgan fingerprint density at radius 2 is 0.935 bits per heavy atom. The minimum atomic E-state index is -0.987. The fourth-order valence-electron chi connectivity index (χ4n) is 4.36. The third-order valence-electron chi connectivity index (χ3n) is 7.05. The summed E-state index contributed by atoms with van der Waals surface area (Å²) in [5.41, 5.74) is 1.69. The molecule has 0 aliphatic heterocycles. The van der Waals surface area contributed by atoms with Crippen LogP contribution in [0.3, 0.4) is 0 Å². The van der Waals surface area contributed by atoms with Crippen molar-refractivity contribution in [3.63, 3.8) is 0 Å². The van der Waals surface area contributed by atoms with Gasteiger partial charge < -0.3 is 40.1 Å². The van der Waals surface area contributed by atoms with E-state index in [1.807, 2.05) is 0 Å². The molecule has 3 rings (SSSR count). The number of esters is 3. The molecule has 0 bridgehead atoms. The van der Waals surface area contributed by atoms with E-state index in [1.165, 1.54) is 21.3 Å². The molecule has 0 aromatic rings. The van der Waals surface area contributed by atoms with Gasteiger partial charge in [-0.25, -0.2) is 19.2 Å². The van der Waals surface area contributed by atoms with Gasteiger partial charge in [0.2, 0.25) is 0 Å². The van der Waals surface area contributed by atoms with Crippen molar-refractivity contribution < 1.29 is 47.7 Å². The lowest BCUT2D eigenvalue weighted by Gasteiger charge is -2.22. The number of hydrogen-bond donors (Lipinski definition) is 3. The molecule has 0 heterocycles. The summed E-state index contributed by atoms with van der Waals surface area (Å²) in [5.74, 6) is -1.34. The summed E-state index contributed by atoms with van der Waals surface area (Å²) in [6.07, 6.45) is 5.40. The van der Waals surface area contributed by atoms with Gasteiger partial charge in [0, 0.05) is 17.8 Å². The molecule has 2 amide bonds. The van der Waals surface area contributed by atoms with Crippen molar-refractivity contribution in [1.29, 1.82) is 0 Å². The van der Waals surface area contributed by atoms with Crippen molar-refractivity contribution in [2.75, 3.05) is 21.3 Å². The van der Waals surface area contributed by atoms with Crippen LogP contribution in [-0.4, -0.2) is 79.2 Å². The molecule has 0 radical (unpaired) electrons. The summed E-state index contributed by atoms with van der Waals surface area (Å²) >= 11 is 0. The highest BCUT2D eigenvalue weighted by atomic mass is 16.6. The van der Waals surface area contributed by atoms with Crippen LogP contribution in [0, 0.1) is 17.8 Å². The Morgan fingerprint density at radius 1 is 0.630 bits per heavy atom. The van der Waals surface area contributed by atoms with Gasteiger partial charge in [-0.05, 0) is 60.8 Å². The number of nitrogens with two attached hydrogens (primary N) is 1. The third kappa shape index (κ3) is 11.5. The number of alkyl carbamates (subject to hydrolysis) is 2. The molecule has 0 aromatic heterocycles. The molecule has 4 N–H and O–H groups in total. The summed E-state index contributed by atoms with van der Waals surface area (Å²) in [6, 6.07) is 0. The van der Waals surface area contributed by atoms with Gasteiger partial charge in [0.1, 0.15) is 27.8 Å². The summed E-state index contributed by atoms with van der Waals surface area (Å²) in [5, 5.41) is 5.14. The van der Waals surface area contributed by atoms with Gasteiger partial charge in [-0.2, -0.15) is 0 Å². The lowest BCUT2D eigenvalue weighted by Crippen LogP contribution is -2.47. The highest BCUT2D eigenvalue weighted by molar-refractivity contribution is 5.91. The normalized spacial score (nSPS) is 27.9. The molecule has 2 unspecified atom stereocenters. The molecule has 0 spiro atoms. The van der Waals surface area contributed by atoms with Crippen molar-refractivity contribution in [3.8, 4) is 0 Å². The number of carbonyl (C=O) groups excluding carboxylic acids is 5. The van der Waals surface area contributed by atoms with E-state index in [1.54, 1.807) is 59.8 Å². The maximum Gasteiger partial charge on any atom is 0.408 e. The first-order valence-corrected chi connectivity index (χ1v) is 14.1. The van der Waals surface area contributed by atoms with E-state index in [0.717, 1.165) is 0 Å². The average Bonchev–Trinajstić information content (AvgIpc) is 3.86. The largest absolute Gasteiger partial charge is 0.468 e. The molecular formula is C33H57N3O10. The maximum absolute atomic E-state index is 11.6. The zero-order valence-electron chi connectivity index (χ0n) is 27.4. The smallest absolute Gasteiger partial charge is 0.408 e. The van der Waals surface area contributed by atoms with Crippen LogP contribution in [0.4, 0.5) is 9.59 Å². The van der Waals surface area contributed by atoms with Crippen LogP contribution in [0.5, 0.6) is 0 Å². The van der Waals surface area contributed by atoms with Gasteiger partial charge >= 0.3 is 30.1 Å². The minimum absolute atomic E-state index is 0. The van der Waals surface area contributed by atoms with Crippen LogP contribution >= 0.6 is 0 Å². The van der Waals surface area contributed by atoms with Gasteiger partial charge in [0.25, 0.3) is 0 Å². The van der Waals surface area contributed by atoms with E-state index in [9.17, 15) is 24.0 Å². The van der Waals surface area contributed by atoms with Gasteiger partial charge in [0.15, 0.2) is 0 Å². The number of rotatable bonds is 8. The molecule has 3 aliphatic carbocycles. The van der Waals surface area contributed by atoms with E-state index < -0.39 is 51.9 Å². The standard InChI is InChI=1S/2C12H19NO4.C7H11NO2.2CH4/c2*1-6-8-7-12(8,9(14)16-5)13-10(15)17-11(2,3)4;1-3-5-4-7(5,8)6(9)10-2;;/h2*6,8H,1,7H2,2-5H3,(H,13,15);3,5H,1,4,8H2,2H3;2*1H4/t8-,12+;;5-,7+;;/m0.0../s1. The predicted octanol–water partition coefficient (Wildman–Crippen LogP) is 4.59. The summed E-state index contributed by atoms with van der Waals surface area (Å²) < 4.78 is 24.1. The van der Waals surface area contributed by atoms with Crippen molar-refractivity contribution in [2.24, 2.45) is 23.5 Å². The monoisotopic (exact) mass is 655 g/mol. The van der Waals surface area contributed by atoms with Crippen molar-refractivity contribution in [3.05, 3.63) is 38.0 Å². The van der Waals surface area contributed by atoms with Crippen LogP contribution in [0.25, 0.3) is 0 Å². The molecule has 3 saturated carbocycles. The Bertz CT molecular complexity index is 1070. The topological polar surface area (TPSA) is 182 Å². The molecule has 3 aliphatic rings. The Hall–Kier alpha value is -3.87. The molecule has 264 valence electrons. The van der Waals surface area contributed by atoms with Gasteiger partial charge in [-0.15, -0.1) is 19.7 Å². The lowest BCUT2D eigenvalue weighted by molar-refractivity contribution is -0.145. The first-order chi connectivity index (χ1) is 20.1. The van der Waals surface area contributed by atoms with E-state index >= 15 is 0 Å². The summed E-state index contributed by atoms with van der Waals surface area (Å²) in [6.45, 7) is 21.3. The summed E-state index contributed by atoms with van der Waals surface area (Å²) in [7, 11) is 3.92. The first kappa shape index (κ1) is 44.3. The Morgan fingerprint density at radius 3 is 1.13 bits per heavy atom. The van der Waals surface area contributed by atoms with Crippen LogP contribution in [0.2, 0.25) is 0 Å². The first-order valence-electron chi connectivity index (χ1n) is 14.1. The van der Waals surface area contributed by atoms with Crippen LogP contribution < -0.4 is 16.4 Å². The molecule has 0 saturated heterocycles. The Balaban J connectivity index is 0. The number of amides is 2. The quantitative estimate of drug-likeness (QED) is 0.189. The number of nitrogens with one attached hydrogen (secondary N) is 2. The fourth-order valence-corrected chi connectivity index (χ4v) is 4.36. The highest BCUT2D eigenvalue weighted by Crippen LogP contribution is 2.46. The van der Waals surface area contributed by atoms with E-state index in [0.29, 0.717) is 19.3 Å². The van der Waals surface area contributed by atoms with Gasteiger partial charge in [-0.3, -0.25) is 4.79 Å². The fraction of sp³-hybridized carbons (Fsp3) is 0.667. The van der Waals surface area contributed by atoms with Crippen molar-refractivity contribution in [1.82, 2.24) is 10.6 Å². The average molecular weight is 656 g/mol. The molecule has 46 heavy (non-hydrogen) atoms. The third-order valence-corrected chi connectivity index (χ3v) is 7.05. The van der Waals surface area contributed by atoms with Crippen LogP contribution in [-0.2, 0) is 38.1 Å². The Kier molecular flexibility index (Phi) is 16.0. The zero-order valence-corrected chi connectivity index (χ0v) is 27.4. The predicted molar refractivity (Wildman–Crippen MR) is 176 cm³/mol. The number of hydrogen-bond acceptors (Lipinski definition) is 11. The molecule has 13 nitrogen and oxygen atoms in total. The van der Waals surface area contributed by atoms with Crippen molar-refractivity contribution in [2.45, 2.75) is 103 Å². The minimum Gasteiger partial charge on any atom is -0.468 e. The Labute approximate surface area is 274 Å². The van der Waals surface area contributed by atoms with Gasteiger partial charge in [-0.1, -0.05) is 33.1 Å². The van der Waals surface area contributed by atoms with E-state index in [4.69, 9.17) is 15.2 Å². The second-order valence-electron chi connectivity index (χ2n) is 12.9. The molecular weight excluding hydrogens is 598 g/mol. The molecule has 6 atom stereocenters. The number of methoxy groups -OCH3 is 3. The second kappa shape index (κ2) is 16.6. The van der Waals surface area contributed by atoms with E-state index in [2.05, 4.69) is 44.6 Å². The SMILES string of the molecule is C.C.C=CC1CC1(NC(=O)OC(C)(C)C)C(=O)OC.C=C[C@H]1C[C@]1(N)C(=O)OC.C=C[C@H]1C[C@]1(NC(=O)OC(C)(C)C)C(=O)OC. The van der Waals surface area contributed by atoms with Crippen LogP contribution in [0.1, 0.15) is 75.7 Å². The molecule has 13 heteroatoms.